The molecule has 0 heterocycles. The fraction of sp³-hybridized carbons (Fsp3) is 0.833. The van der Waals surface area contributed by atoms with Crippen LogP contribution in [0, 0.1) is 0 Å². The summed E-state index contributed by atoms with van der Waals surface area (Å²) in [6, 6.07) is 0. The van der Waals surface area contributed by atoms with Crippen LogP contribution in [-0.4, -0.2) is 5.91 Å². The number of unbranched alkanes of at least 4 members (excludes halogenated alkanes) is 11. The molecule has 0 aliphatic heterocycles. The smallest absolute Gasteiger partial charge is 0.217 e. The van der Waals surface area contributed by atoms with Crippen LogP contribution in [0.25, 0.3) is 0 Å². The van der Waals surface area contributed by atoms with E-state index in [-0.39, 0.29) is 5.91 Å². The van der Waals surface area contributed by atoms with Crippen molar-refractivity contribution in [1.82, 2.24) is 0 Å². The molecule has 0 aliphatic carbocycles. The fourth-order valence-electron chi connectivity index (χ4n) is 2.37. The Morgan fingerprint density at radius 2 is 1.20 bits per heavy atom. The number of allylic oxidation sites excluding steroid dienone is 2. The van der Waals surface area contributed by atoms with Crippen molar-refractivity contribution in [1.29, 1.82) is 0 Å². The molecule has 0 aliphatic rings. The van der Waals surface area contributed by atoms with Gasteiger partial charge < -0.3 is 5.73 Å². The van der Waals surface area contributed by atoms with E-state index in [9.17, 15) is 4.79 Å². The predicted octanol–water partition coefficient (Wildman–Crippen LogP) is 5.51. The second kappa shape index (κ2) is 16.3. The van der Waals surface area contributed by atoms with Gasteiger partial charge in [0.05, 0.1) is 0 Å². The van der Waals surface area contributed by atoms with E-state index < -0.39 is 0 Å². The van der Waals surface area contributed by atoms with E-state index in [1.807, 2.05) is 0 Å². The molecule has 20 heavy (non-hydrogen) atoms. The summed E-state index contributed by atoms with van der Waals surface area (Å²) in [6.07, 6.45) is 21.9. The van der Waals surface area contributed by atoms with E-state index >= 15 is 0 Å². The minimum Gasteiger partial charge on any atom is -0.370 e. The topological polar surface area (TPSA) is 43.1 Å². The van der Waals surface area contributed by atoms with Gasteiger partial charge in [0.15, 0.2) is 0 Å². The first-order valence-corrected chi connectivity index (χ1v) is 8.70. The molecule has 0 radical (unpaired) electrons. The zero-order chi connectivity index (χ0) is 14.9. The molecular formula is C18H35NO. The molecule has 118 valence electrons. The van der Waals surface area contributed by atoms with Gasteiger partial charge in [-0.2, -0.15) is 0 Å². The van der Waals surface area contributed by atoms with Crippen molar-refractivity contribution < 1.29 is 4.79 Å². The zero-order valence-corrected chi connectivity index (χ0v) is 13.5. The minimum atomic E-state index is -0.162. The molecule has 0 aromatic carbocycles. The van der Waals surface area contributed by atoms with E-state index in [0.29, 0.717) is 6.42 Å². The maximum atomic E-state index is 10.5. The molecule has 0 spiro atoms. The molecule has 0 fully saturated rings. The van der Waals surface area contributed by atoms with Crippen LogP contribution in [-0.2, 0) is 4.79 Å². The van der Waals surface area contributed by atoms with Crippen LogP contribution in [0.2, 0.25) is 0 Å². The lowest BCUT2D eigenvalue weighted by atomic mass is 10.1. The molecule has 1 amide bonds. The van der Waals surface area contributed by atoms with Gasteiger partial charge >= 0.3 is 0 Å². The van der Waals surface area contributed by atoms with Crippen LogP contribution in [0.1, 0.15) is 96.8 Å². The summed E-state index contributed by atoms with van der Waals surface area (Å²) in [7, 11) is 0. The van der Waals surface area contributed by atoms with Crippen LogP contribution in [0.3, 0.4) is 0 Å². The number of carbonyl (C=O) groups excluding carboxylic acids is 1. The molecule has 0 bridgehead atoms. The lowest BCUT2D eigenvalue weighted by Crippen LogP contribution is -2.09. The Balaban J connectivity index is 3.06. The summed E-state index contributed by atoms with van der Waals surface area (Å²) in [5, 5.41) is 0. The third-order valence-corrected chi connectivity index (χ3v) is 3.68. The first-order chi connectivity index (χ1) is 9.77. The third kappa shape index (κ3) is 17.2. The molecule has 0 aromatic rings. The van der Waals surface area contributed by atoms with Crippen molar-refractivity contribution in [3.05, 3.63) is 12.2 Å². The maximum Gasteiger partial charge on any atom is 0.217 e. The molecule has 2 nitrogen and oxygen atoms in total. The summed E-state index contributed by atoms with van der Waals surface area (Å²) in [5.74, 6) is -0.162. The van der Waals surface area contributed by atoms with E-state index in [4.69, 9.17) is 5.73 Å². The molecule has 0 saturated carbocycles. The van der Waals surface area contributed by atoms with Crippen LogP contribution >= 0.6 is 0 Å². The van der Waals surface area contributed by atoms with Crippen molar-refractivity contribution >= 4 is 5.91 Å². The van der Waals surface area contributed by atoms with Gasteiger partial charge in [-0.1, -0.05) is 70.4 Å². The molecule has 0 aromatic heterocycles. The average Bonchev–Trinajstić information content (AvgIpc) is 2.43. The number of carbonyl (C=O) groups is 1. The van der Waals surface area contributed by atoms with Crippen LogP contribution in [0.5, 0.6) is 0 Å². The highest BCUT2D eigenvalue weighted by Crippen LogP contribution is 2.09. The summed E-state index contributed by atoms with van der Waals surface area (Å²) in [6.45, 7) is 2.26. The third-order valence-electron chi connectivity index (χ3n) is 3.68. The summed E-state index contributed by atoms with van der Waals surface area (Å²) >= 11 is 0. The van der Waals surface area contributed by atoms with Crippen LogP contribution in [0.4, 0.5) is 0 Å². The lowest BCUT2D eigenvalue weighted by Gasteiger charge is -1.99. The van der Waals surface area contributed by atoms with E-state index in [2.05, 4.69) is 19.1 Å². The largest absolute Gasteiger partial charge is 0.370 e. The van der Waals surface area contributed by atoms with E-state index in [1.54, 1.807) is 0 Å². The zero-order valence-electron chi connectivity index (χ0n) is 13.5. The highest BCUT2D eigenvalue weighted by atomic mass is 16.1. The van der Waals surface area contributed by atoms with Gasteiger partial charge in [-0.3, -0.25) is 4.79 Å². The monoisotopic (exact) mass is 281 g/mol. The molecular weight excluding hydrogens is 246 g/mol. The normalized spacial score (nSPS) is 11.2. The van der Waals surface area contributed by atoms with Gasteiger partial charge in [0.25, 0.3) is 0 Å². The van der Waals surface area contributed by atoms with Crippen molar-refractivity contribution in [2.45, 2.75) is 96.8 Å². The Bertz CT molecular complexity index is 236. The second-order valence-electron chi connectivity index (χ2n) is 5.80. The quantitative estimate of drug-likeness (QED) is 0.312. The van der Waals surface area contributed by atoms with Gasteiger partial charge in [0, 0.05) is 6.42 Å². The lowest BCUT2D eigenvalue weighted by molar-refractivity contribution is -0.118. The van der Waals surface area contributed by atoms with Crippen molar-refractivity contribution in [2.24, 2.45) is 5.73 Å². The molecule has 0 rings (SSSR count). The predicted molar refractivity (Wildman–Crippen MR) is 88.6 cm³/mol. The number of hydrogen-bond donors (Lipinski definition) is 1. The van der Waals surface area contributed by atoms with Gasteiger partial charge in [-0.15, -0.1) is 0 Å². The van der Waals surface area contributed by atoms with Crippen LogP contribution < -0.4 is 5.73 Å². The number of amides is 1. The summed E-state index contributed by atoms with van der Waals surface area (Å²) < 4.78 is 0. The molecule has 0 saturated heterocycles. The molecule has 0 unspecified atom stereocenters. The van der Waals surface area contributed by atoms with E-state index in [0.717, 1.165) is 12.8 Å². The van der Waals surface area contributed by atoms with Gasteiger partial charge in [0.1, 0.15) is 0 Å². The highest BCUT2D eigenvalue weighted by Gasteiger charge is 1.94. The first-order valence-electron chi connectivity index (χ1n) is 8.70. The molecule has 0 atom stereocenters. The Labute approximate surface area is 126 Å². The molecule has 2 heteroatoms. The maximum absolute atomic E-state index is 10.5. The van der Waals surface area contributed by atoms with E-state index in [1.165, 1.54) is 70.6 Å². The van der Waals surface area contributed by atoms with Gasteiger partial charge in [0.2, 0.25) is 5.91 Å². The highest BCUT2D eigenvalue weighted by molar-refractivity contribution is 5.73. The fourth-order valence-corrected chi connectivity index (χ4v) is 2.37. The second-order valence-corrected chi connectivity index (χ2v) is 5.80. The average molecular weight is 281 g/mol. The number of nitrogens with two attached hydrogens (primary N) is 1. The van der Waals surface area contributed by atoms with Crippen molar-refractivity contribution in [2.75, 3.05) is 0 Å². The molecule has 2 N–H and O–H groups in total. The Kier molecular flexibility index (Phi) is 15.6. The number of hydrogen-bond acceptors (Lipinski definition) is 1. The first kappa shape index (κ1) is 19.2. The number of primary amides is 1. The Morgan fingerprint density at radius 1 is 0.750 bits per heavy atom. The number of rotatable bonds is 15. The SMILES string of the molecule is CCCCCCC/C=C/CCCCCCCCC(N)=O. The standard InChI is InChI=1S/C18H35NO/c1-2-3-4-5-6-7-8-9-10-11-12-13-14-15-16-17-18(19)20/h8-9H,2-7,10-17H2,1H3,(H2,19,20)/b9-8+. The minimum absolute atomic E-state index is 0.162. The van der Waals surface area contributed by atoms with Crippen molar-refractivity contribution in [3.63, 3.8) is 0 Å². The van der Waals surface area contributed by atoms with Crippen LogP contribution in [0.15, 0.2) is 12.2 Å². The summed E-state index contributed by atoms with van der Waals surface area (Å²) in [5.41, 5.74) is 5.10. The van der Waals surface area contributed by atoms with Gasteiger partial charge in [-0.05, 0) is 32.1 Å². The van der Waals surface area contributed by atoms with Gasteiger partial charge in [-0.25, -0.2) is 0 Å². The Hall–Kier alpha value is -0.790. The van der Waals surface area contributed by atoms with Crippen molar-refractivity contribution in [3.8, 4) is 0 Å². The summed E-state index contributed by atoms with van der Waals surface area (Å²) in [4.78, 5) is 10.5. The Morgan fingerprint density at radius 3 is 1.70 bits per heavy atom.